The molecule has 1 saturated carbocycles. The smallest absolute Gasteiger partial charge is 0.271 e. The zero-order valence-corrected chi connectivity index (χ0v) is 17.9. The maximum Gasteiger partial charge on any atom is 0.271 e. The van der Waals surface area contributed by atoms with Crippen molar-refractivity contribution in [1.29, 1.82) is 5.26 Å². The number of nitro benzene ring substituents is 1. The van der Waals surface area contributed by atoms with E-state index in [1.54, 1.807) is 0 Å². The summed E-state index contributed by atoms with van der Waals surface area (Å²) in [6.07, 6.45) is 14.6. The maximum atomic E-state index is 12.5. The molecule has 0 bridgehead atoms. The summed E-state index contributed by atoms with van der Waals surface area (Å²) in [6.45, 7) is 0. The van der Waals surface area contributed by atoms with Crippen LogP contribution in [0.1, 0.15) is 70.6 Å². The van der Waals surface area contributed by atoms with Gasteiger partial charge in [-0.05, 0) is 18.9 Å². The number of nitrogens with zero attached hydrogens (tertiary/aromatic N) is 2. The highest BCUT2D eigenvalue weighted by atomic mass is 35.5. The number of benzene rings is 1. The van der Waals surface area contributed by atoms with Gasteiger partial charge in [0, 0.05) is 24.4 Å². The molecule has 2 N–H and O–H groups in total. The fourth-order valence-electron chi connectivity index (χ4n) is 3.59. The summed E-state index contributed by atoms with van der Waals surface area (Å²) in [6, 6.07) is 5.89. The number of halogens is 1. The molecule has 0 spiro atoms. The second-order valence-electron chi connectivity index (χ2n) is 7.67. The van der Waals surface area contributed by atoms with Gasteiger partial charge < -0.3 is 10.6 Å². The predicted molar refractivity (Wildman–Crippen MR) is 118 cm³/mol. The van der Waals surface area contributed by atoms with Gasteiger partial charge in [0.1, 0.15) is 11.6 Å². The zero-order chi connectivity index (χ0) is 21.8. The molecule has 0 atom stereocenters. The summed E-state index contributed by atoms with van der Waals surface area (Å²) in [5.41, 5.74) is -0.185. The van der Waals surface area contributed by atoms with Gasteiger partial charge in [0.2, 0.25) is 0 Å². The fourth-order valence-corrected chi connectivity index (χ4v) is 3.76. The molecule has 8 heteroatoms. The maximum absolute atomic E-state index is 12.5. The highest BCUT2D eigenvalue weighted by molar-refractivity contribution is 6.34. The first-order valence-corrected chi connectivity index (χ1v) is 11.0. The molecule has 7 nitrogen and oxygen atoms in total. The lowest BCUT2D eigenvalue weighted by molar-refractivity contribution is -0.384. The van der Waals surface area contributed by atoms with Gasteiger partial charge in [0.05, 0.1) is 15.6 Å². The third-order valence-corrected chi connectivity index (χ3v) is 5.67. The molecule has 162 valence electrons. The van der Waals surface area contributed by atoms with Crippen molar-refractivity contribution >= 4 is 28.9 Å². The van der Waals surface area contributed by atoms with Crippen molar-refractivity contribution in [3.63, 3.8) is 0 Å². The Balaban J connectivity index is 2.00. The van der Waals surface area contributed by atoms with Gasteiger partial charge in [-0.25, -0.2) is 0 Å². The van der Waals surface area contributed by atoms with Crippen molar-refractivity contribution in [2.45, 2.75) is 76.7 Å². The van der Waals surface area contributed by atoms with E-state index in [1.807, 2.05) is 6.07 Å². The van der Waals surface area contributed by atoms with Crippen molar-refractivity contribution in [2.75, 3.05) is 5.32 Å². The number of non-ortho nitro benzene ring substituents is 1. The number of hydrogen-bond donors (Lipinski definition) is 2. The summed E-state index contributed by atoms with van der Waals surface area (Å²) in [5.74, 6) is -0.652. The van der Waals surface area contributed by atoms with Crippen LogP contribution in [0.3, 0.4) is 0 Å². The molecule has 1 aliphatic rings. The Morgan fingerprint density at radius 3 is 2.20 bits per heavy atom. The third kappa shape index (κ3) is 8.03. The molecule has 0 saturated heterocycles. The van der Waals surface area contributed by atoms with Gasteiger partial charge in [-0.1, -0.05) is 69.4 Å². The van der Waals surface area contributed by atoms with E-state index in [0.29, 0.717) is 0 Å². The second-order valence-corrected chi connectivity index (χ2v) is 8.08. The van der Waals surface area contributed by atoms with Crippen LogP contribution in [0.4, 0.5) is 11.4 Å². The number of amides is 1. The van der Waals surface area contributed by atoms with E-state index in [9.17, 15) is 20.2 Å². The van der Waals surface area contributed by atoms with Gasteiger partial charge in [-0.3, -0.25) is 14.9 Å². The molecule has 0 heterocycles. The molecule has 30 heavy (non-hydrogen) atoms. The average Bonchev–Trinajstić information content (AvgIpc) is 2.71. The van der Waals surface area contributed by atoms with Crippen molar-refractivity contribution in [3.05, 3.63) is 45.1 Å². The van der Waals surface area contributed by atoms with Crippen LogP contribution < -0.4 is 10.6 Å². The SMILES string of the molecule is N#C/C(=C/NC1CCCCCCCCCCC1)C(=O)Nc1cc([N+](=O)[O-])ccc1Cl. The number of nitrogens with one attached hydrogen (secondary N) is 2. The van der Waals surface area contributed by atoms with Crippen LogP contribution in [0.25, 0.3) is 0 Å². The Morgan fingerprint density at radius 1 is 1.10 bits per heavy atom. The van der Waals surface area contributed by atoms with Crippen LogP contribution in [-0.2, 0) is 4.79 Å². The van der Waals surface area contributed by atoms with Gasteiger partial charge >= 0.3 is 0 Å². The first kappa shape index (κ1) is 23.7. The summed E-state index contributed by atoms with van der Waals surface area (Å²) in [4.78, 5) is 22.8. The van der Waals surface area contributed by atoms with Crippen molar-refractivity contribution < 1.29 is 9.72 Å². The van der Waals surface area contributed by atoms with Crippen LogP contribution in [0.15, 0.2) is 30.0 Å². The first-order valence-electron chi connectivity index (χ1n) is 10.6. The highest BCUT2D eigenvalue weighted by Gasteiger charge is 2.16. The molecular weight excluding hydrogens is 404 g/mol. The first-order chi connectivity index (χ1) is 14.5. The van der Waals surface area contributed by atoms with Crippen LogP contribution in [0.2, 0.25) is 5.02 Å². The summed E-state index contributed by atoms with van der Waals surface area (Å²) < 4.78 is 0. The summed E-state index contributed by atoms with van der Waals surface area (Å²) >= 11 is 6.02. The van der Waals surface area contributed by atoms with Gasteiger partial charge in [0.15, 0.2) is 0 Å². The number of carbonyl (C=O) groups is 1. The molecular formula is C22H29ClN4O3. The van der Waals surface area contributed by atoms with Gasteiger partial charge in [-0.15, -0.1) is 0 Å². The minimum absolute atomic E-state index is 0.0938. The lowest BCUT2D eigenvalue weighted by Gasteiger charge is -2.18. The third-order valence-electron chi connectivity index (χ3n) is 5.34. The molecule has 1 amide bonds. The Bertz CT molecular complexity index is 792. The Labute approximate surface area is 182 Å². The quantitative estimate of drug-likeness (QED) is 0.262. The average molecular weight is 433 g/mol. The molecule has 0 aliphatic heterocycles. The van der Waals surface area contributed by atoms with Crippen molar-refractivity contribution in [1.82, 2.24) is 5.32 Å². The number of hydrogen-bond acceptors (Lipinski definition) is 5. The number of anilines is 1. The topological polar surface area (TPSA) is 108 Å². The molecule has 2 rings (SSSR count). The molecule has 1 aromatic rings. The lowest BCUT2D eigenvalue weighted by Crippen LogP contribution is -2.26. The highest BCUT2D eigenvalue weighted by Crippen LogP contribution is 2.27. The Kier molecular flexibility index (Phi) is 10.2. The van der Waals surface area contributed by atoms with Gasteiger partial charge in [0.25, 0.3) is 11.6 Å². The monoisotopic (exact) mass is 432 g/mol. The molecule has 0 radical (unpaired) electrons. The number of nitro groups is 1. The van der Waals surface area contributed by atoms with Crippen molar-refractivity contribution in [2.24, 2.45) is 0 Å². The standard InChI is InChI=1S/C22H29ClN4O3/c23-20-13-12-19(27(29)30)14-21(20)26-22(28)17(15-24)16-25-18-10-8-6-4-2-1-3-5-7-9-11-18/h12-14,16,18,25H,1-11H2,(H,26,28)/b17-16-. The molecule has 0 unspecified atom stereocenters. The predicted octanol–water partition coefficient (Wildman–Crippen LogP) is 5.86. The minimum Gasteiger partial charge on any atom is -0.387 e. The van der Waals surface area contributed by atoms with E-state index in [1.165, 1.54) is 69.3 Å². The second kappa shape index (κ2) is 12.9. The Morgan fingerprint density at radius 2 is 1.67 bits per heavy atom. The van der Waals surface area contributed by atoms with Crippen LogP contribution in [-0.4, -0.2) is 16.9 Å². The fraction of sp³-hybridized carbons (Fsp3) is 0.545. The van der Waals surface area contributed by atoms with E-state index in [0.717, 1.165) is 25.7 Å². The summed E-state index contributed by atoms with van der Waals surface area (Å²) in [5, 5.41) is 26.2. The summed E-state index contributed by atoms with van der Waals surface area (Å²) in [7, 11) is 0. The normalized spacial score (nSPS) is 17.1. The largest absolute Gasteiger partial charge is 0.387 e. The number of rotatable bonds is 5. The Hall–Kier alpha value is -2.59. The molecule has 1 aromatic carbocycles. The van der Waals surface area contributed by atoms with Crippen LogP contribution in [0.5, 0.6) is 0 Å². The van der Waals surface area contributed by atoms with E-state index >= 15 is 0 Å². The van der Waals surface area contributed by atoms with E-state index in [2.05, 4.69) is 10.6 Å². The molecule has 1 fully saturated rings. The number of nitriles is 1. The van der Waals surface area contributed by atoms with E-state index < -0.39 is 10.8 Å². The molecule has 1 aliphatic carbocycles. The zero-order valence-electron chi connectivity index (χ0n) is 17.2. The van der Waals surface area contributed by atoms with E-state index in [4.69, 9.17) is 11.6 Å². The van der Waals surface area contributed by atoms with E-state index in [-0.39, 0.29) is 28.0 Å². The number of carbonyl (C=O) groups excluding carboxylic acids is 1. The van der Waals surface area contributed by atoms with Gasteiger partial charge in [-0.2, -0.15) is 5.26 Å². The van der Waals surface area contributed by atoms with Crippen LogP contribution in [0, 0.1) is 21.4 Å². The van der Waals surface area contributed by atoms with Crippen LogP contribution >= 0.6 is 11.6 Å². The van der Waals surface area contributed by atoms with Crippen molar-refractivity contribution in [3.8, 4) is 6.07 Å². The molecule has 0 aromatic heterocycles. The lowest BCUT2D eigenvalue weighted by atomic mass is 9.98. The minimum atomic E-state index is -0.652.